The summed E-state index contributed by atoms with van der Waals surface area (Å²) < 4.78 is 14.1. The zero-order valence-corrected chi connectivity index (χ0v) is 12.8. The molecule has 1 aromatic heterocycles. The summed E-state index contributed by atoms with van der Waals surface area (Å²) in [6.45, 7) is 1.92. The highest BCUT2D eigenvalue weighted by Gasteiger charge is 2.27. The Balaban J connectivity index is 1.68. The minimum Gasteiger partial charge on any atom is -0.350 e. The van der Waals surface area contributed by atoms with Crippen LogP contribution in [0.5, 0.6) is 0 Å². The molecule has 1 amide bonds. The number of halogens is 1. The van der Waals surface area contributed by atoms with Crippen LogP contribution in [0.1, 0.15) is 43.0 Å². The SMILES string of the molecule is CC(C(=O)NCc1ccc(F)cc1)n1nc(C2CC2)ccc1=O. The molecule has 1 N–H and O–H groups in total. The van der Waals surface area contributed by atoms with Gasteiger partial charge in [-0.25, -0.2) is 9.07 Å². The van der Waals surface area contributed by atoms with E-state index in [1.807, 2.05) is 0 Å². The molecule has 5 nitrogen and oxygen atoms in total. The van der Waals surface area contributed by atoms with Crippen molar-refractivity contribution in [1.29, 1.82) is 0 Å². The molecule has 120 valence electrons. The van der Waals surface area contributed by atoms with Crippen molar-refractivity contribution in [1.82, 2.24) is 15.1 Å². The number of hydrogen-bond acceptors (Lipinski definition) is 3. The average molecular weight is 315 g/mol. The Kier molecular flexibility index (Phi) is 4.23. The predicted octanol–water partition coefficient (Wildman–Crippen LogP) is 2.14. The van der Waals surface area contributed by atoms with E-state index in [2.05, 4.69) is 10.4 Å². The molecule has 1 aromatic carbocycles. The topological polar surface area (TPSA) is 64.0 Å². The molecule has 1 saturated carbocycles. The molecule has 3 rings (SSSR count). The van der Waals surface area contributed by atoms with Crippen LogP contribution >= 0.6 is 0 Å². The normalized spacial score (nSPS) is 15.2. The molecule has 1 unspecified atom stereocenters. The van der Waals surface area contributed by atoms with Crippen molar-refractivity contribution >= 4 is 5.91 Å². The smallest absolute Gasteiger partial charge is 0.267 e. The first-order chi connectivity index (χ1) is 11.0. The van der Waals surface area contributed by atoms with Crippen LogP contribution in [-0.4, -0.2) is 15.7 Å². The summed E-state index contributed by atoms with van der Waals surface area (Å²) >= 11 is 0. The highest BCUT2D eigenvalue weighted by Crippen LogP contribution is 2.38. The van der Waals surface area contributed by atoms with Crippen molar-refractivity contribution in [3.05, 3.63) is 63.8 Å². The number of amides is 1. The summed E-state index contributed by atoms with van der Waals surface area (Å²) in [4.78, 5) is 24.2. The first-order valence-corrected chi connectivity index (χ1v) is 7.66. The fourth-order valence-electron chi connectivity index (χ4n) is 2.36. The Labute approximate surface area is 133 Å². The average Bonchev–Trinajstić information content (AvgIpc) is 3.39. The highest BCUT2D eigenvalue weighted by molar-refractivity contribution is 5.79. The number of benzene rings is 1. The van der Waals surface area contributed by atoms with Gasteiger partial charge in [0.15, 0.2) is 0 Å². The van der Waals surface area contributed by atoms with Gasteiger partial charge in [0, 0.05) is 18.5 Å². The third-order valence-electron chi connectivity index (χ3n) is 3.97. The standard InChI is InChI=1S/C17H18FN3O2/c1-11(17(23)19-10-12-2-6-14(18)7-3-12)21-16(22)9-8-15(20-21)13-4-5-13/h2-3,6-9,11,13H,4-5,10H2,1H3,(H,19,23). The van der Waals surface area contributed by atoms with E-state index in [9.17, 15) is 14.0 Å². The van der Waals surface area contributed by atoms with E-state index in [4.69, 9.17) is 0 Å². The Morgan fingerprint density at radius 3 is 2.65 bits per heavy atom. The van der Waals surface area contributed by atoms with Crippen LogP contribution in [0, 0.1) is 5.82 Å². The van der Waals surface area contributed by atoms with Gasteiger partial charge in [-0.05, 0) is 43.5 Å². The van der Waals surface area contributed by atoms with Crippen LogP contribution in [0.25, 0.3) is 0 Å². The summed E-state index contributed by atoms with van der Waals surface area (Å²) in [5.74, 6) is -0.200. The van der Waals surface area contributed by atoms with Crippen molar-refractivity contribution < 1.29 is 9.18 Å². The molecule has 0 spiro atoms. The van der Waals surface area contributed by atoms with Crippen molar-refractivity contribution in [3.63, 3.8) is 0 Å². The Morgan fingerprint density at radius 2 is 2.00 bits per heavy atom. The van der Waals surface area contributed by atoms with E-state index in [0.29, 0.717) is 5.92 Å². The second-order valence-corrected chi connectivity index (χ2v) is 5.84. The number of nitrogens with one attached hydrogen (secondary N) is 1. The zero-order chi connectivity index (χ0) is 16.4. The van der Waals surface area contributed by atoms with Crippen LogP contribution in [-0.2, 0) is 11.3 Å². The minimum atomic E-state index is -0.693. The summed E-state index contributed by atoms with van der Waals surface area (Å²) in [5.41, 5.74) is 1.36. The lowest BCUT2D eigenvalue weighted by Gasteiger charge is -2.15. The van der Waals surface area contributed by atoms with Gasteiger partial charge >= 0.3 is 0 Å². The highest BCUT2D eigenvalue weighted by atomic mass is 19.1. The van der Waals surface area contributed by atoms with Gasteiger partial charge in [-0.2, -0.15) is 5.10 Å². The monoisotopic (exact) mass is 315 g/mol. The van der Waals surface area contributed by atoms with Gasteiger partial charge in [-0.3, -0.25) is 9.59 Å². The van der Waals surface area contributed by atoms with Crippen LogP contribution in [0.15, 0.2) is 41.2 Å². The summed E-state index contributed by atoms with van der Waals surface area (Å²) in [6, 6.07) is 8.41. The number of nitrogens with zero attached hydrogens (tertiary/aromatic N) is 2. The first kappa shape index (κ1) is 15.4. The molecule has 1 aliphatic rings. The van der Waals surface area contributed by atoms with Gasteiger partial charge < -0.3 is 5.32 Å². The van der Waals surface area contributed by atoms with Crippen molar-refractivity contribution in [2.75, 3.05) is 0 Å². The number of carbonyl (C=O) groups is 1. The molecule has 1 fully saturated rings. The van der Waals surface area contributed by atoms with Crippen molar-refractivity contribution in [3.8, 4) is 0 Å². The third kappa shape index (κ3) is 3.64. The number of carbonyl (C=O) groups excluding carboxylic acids is 1. The van der Waals surface area contributed by atoms with Gasteiger partial charge in [0.1, 0.15) is 11.9 Å². The molecule has 1 heterocycles. The van der Waals surface area contributed by atoms with E-state index < -0.39 is 6.04 Å². The largest absolute Gasteiger partial charge is 0.350 e. The number of aromatic nitrogens is 2. The Bertz CT molecular complexity index is 766. The quantitative estimate of drug-likeness (QED) is 0.919. The molecule has 0 saturated heterocycles. The van der Waals surface area contributed by atoms with Gasteiger partial charge in [0.05, 0.1) is 5.69 Å². The third-order valence-corrected chi connectivity index (χ3v) is 3.97. The van der Waals surface area contributed by atoms with E-state index >= 15 is 0 Å². The minimum absolute atomic E-state index is 0.278. The lowest BCUT2D eigenvalue weighted by Crippen LogP contribution is -2.37. The molecule has 1 atom stereocenters. The molecule has 2 aromatic rings. The van der Waals surface area contributed by atoms with E-state index in [1.54, 1.807) is 25.1 Å². The zero-order valence-electron chi connectivity index (χ0n) is 12.8. The van der Waals surface area contributed by atoms with E-state index in [0.717, 1.165) is 24.1 Å². The molecule has 0 radical (unpaired) electrons. The van der Waals surface area contributed by atoms with E-state index in [1.165, 1.54) is 22.9 Å². The Hall–Kier alpha value is -2.50. The maximum atomic E-state index is 12.9. The van der Waals surface area contributed by atoms with Gasteiger partial charge in [-0.1, -0.05) is 12.1 Å². The second kappa shape index (κ2) is 6.32. The summed E-state index contributed by atoms with van der Waals surface area (Å²) in [6.07, 6.45) is 2.16. The van der Waals surface area contributed by atoms with Crippen molar-refractivity contribution in [2.45, 2.75) is 38.3 Å². The maximum Gasteiger partial charge on any atom is 0.267 e. The molecular weight excluding hydrogens is 297 g/mol. The lowest BCUT2D eigenvalue weighted by atomic mass is 10.2. The molecule has 6 heteroatoms. The lowest BCUT2D eigenvalue weighted by molar-refractivity contribution is -0.124. The second-order valence-electron chi connectivity index (χ2n) is 5.84. The first-order valence-electron chi connectivity index (χ1n) is 7.66. The Morgan fingerprint density at radius 1 is 1.30 bits per heavy atom. The van der Waals surface area contributed by atoms with Crippen LogP contribution in [0.2, 0.25) is 0 Å². The predicted molar refractivity (Wildman–Crippen MR) is 83.4 cm³/mol. The van der Waals surface area contributed by atoms with Gasteiger partial charge in [-0.15, -0.1) is 0 Å². The molecule has 0 aliphatic heterocycles. The molecule has 0 bridgehead atoms. The van der Waals surface area contributed by atoms with Gasteiger partial charge in [0.25, 0.3) is 5.56 Å². The van der Waals surface area contributed by atoms with Crippen molar-refractivity contribution in [2.24, 2.45) is 0 Å². The molecule has 1 aliphatic carbocycles. The maximum absolute atomic E-state index is 12.9. The number of hydrogen-bond donors (Lipinski definition) is 1. The van der Waals surface area contributed by atoms with Crippen LogP contribution in [0.4, 0.5) is 4.39 Å². The molecular formula is C17H18FN3O2. The van der Waals surface area contributed by atoms with Crippen LogP contribution < -0.4 is 10.9 Å². The van der Waals surface area contributed by atoms with Crippen LogP contribution in [0.3, 0.4) is 0 Å². The fraction of sp³-hybridized carbons (Fsp3) is 0.353. The summed E-state index contributed by atoms with van der Waals surface area (Å²) in [7, 11) is 0. The molecule has 23 heavy (non-hydrogen) atoms. The fourth-order valence-corrected chi connectivity index (χ4v) is 2.36. The summed E-state index contributed by atoms with van der Waals surface area (Å²) in [5, 5.41) is 7.06. The number of rotatable bonds is 5. The van der Waals surface area contributed by atoms with Gasteiger partial charge in [0.2, 0.25) is 5.91 Å². The van der Waals surface area contributed by atoms with E-state index in [-0.39, 0.29) is 23.8 Å².